The van der Waals surface area contributed by atoms with Gasteiger partial charge in [0.1, 0.15) is 0 Å². The van der Waals surface area contributed by atoms with Gasteiger partial charge in [-0.25, -0.2) is 0 Å². The Balaban J connectivity index is 2.54. The largest absolute Gasteiger partial charge is 0.189 e. The molecule has 0 rings (SSSR count). The maximum Gasteiger partial charge on any atom is 0.189 e. The Hall–Kier alpha value is 1.59. The van der Waals surface area contributed by atoms with Gasteiger partial charge in [0.25, 0.3) is 0 Å². The molecule has 27 valence electrons. The summed E-state index contributed by atoms with van der Waals surface area (Å²) in [6.07, 6.45) is 0. The normalized spacial score (nSPS) is 7.00. The molecule has 0 aliphatic rings. The van der Waals surface area contributed by atoms with Gasteiger partial charge in [-0.3, -0.25) is 0 Å². The summed E-state index contributed by atoms with van der Waals surface area (Å²) in [6, 6.07) is 0. The summed E-state index contributed by atoms with van der Waals surface area (Å²) in [5, 5.41) is 2.12. The highest BCUT2D eigenvalue weighted by molar-refractivity contribution is 14.2. The minimum Gasteiger partial charge on any atom is -0.168 e. The molecule has 0 saturated heterocycles. The summed E-state index contributed by atoms with van der Waals surface area (Å²) in [6.45, 7) is 2.15. The van der Waals surface area contributed by atoms with E-state index in [4.69, 9.17) is 0 Å². The molecule has 0 nitrogen and oxygen atoms in total. The van der Waals surface area contributed by atoms with E-state index >= 15 is 0 Å². The lowest BCUT2D eigenvalue weighted by Crippen LogP contribution is -1.98. The van der Waals surface area contributed by atoms with Crippen LogP contribution in [-0.4, -0.2) is 9.49 Å². The Bertz CT molecular complexity index is 21.6. The van der Waals surface area contributed by atoms with Crippen LogP contribution in [0.15, 0.2) is 0 Å². The Kier molecular flexibility index (Phi) is 4.97. The topological polar surface area (TPSA) is 0 Å². The van der Waals surface area contributed by atoms with Crippen LogP contribution in [0.1, 0.15) is 0 Å². The molecule has 0 aliphatic carbocycles. The van der Waals surface area contributed by atoms with Crippen LogP contribution in [0.25, 0.3) is 0 Å². The SMILES string of the molecule is CB(I)[B]I. The van der Waals surface area contributed by atoms with Crippen molar-refractivity contribution in [3.8, 4) is 0 Å². The van der Waals surface area contributed by atoms with Crippen molar-refractivity contribution in [2.75, 3.05) is 0 Å². The second kappa shape index (κ2) is 3.77. The van der Waals surface area contributed by atoms with E-state index in [-0.39, 0.29) is 0 Å². The highest BCUT2D eigenvalue weighted by Crippen LogP contribution is 1.92. The van der Waals surface area contributed by atoms with Gasteiger partial charge in [-0.1, -0.05) is 6.82 Å². The zero-order valence-electron chi connectivity index (χ0n) is 2.91. The molecule has 0 heterocycles. The molecule has 5 heavy (non-hydrogen) atoms. The van der Waals surface area contributed by atoms with Crippen LogP contribution < -0.4 is 0 Å². The van der Waals surface area contributed by atoms with Crippen molar-refractivity contribution < 1.29 is 0 Å². The standard InChI is InChI=1S/CH3B2I2/c1-3(5)2-4/h1H3. The van der Waals surface area contributed by atoms with Crippen molar-refractivity contribution in [1.82, 2.24) is 0 Å². The number of hydrogen-bond acceptors (Lipinski definition) is 0. The van der Waals surface area contributed by atoms with E-state index < -0.39 is 0 Å². The number of rotatable bonds is 1. The van der Waals surface area contributed by atoms with Gasteiger partial charge in [-0.15, -0.1) is 0 Å². The average molecular weight is 290 g/mol. The first-order valence-corrected chi connectivity index (χ1v) is 3.84. The van der Waals surface area contributed by atoms with Gasteiger partial charge in [-0.2, -0.15) is 44.7 Å². The van der Waals surface area contributed by atoms with Crippen LogP contribution in [0.2, 0.25) is 6.82 Å². The van der Waals surface area contributed by atoms with E-state index in [1.54, 1.807) is 0 Å². The lowest BCUT2D eigenvalue weighted by atomic mass is 9.58. The molecule has 0 aliphatic heterocycles. The molecule has 0 atom stereocenters. The summed E-state index contributed by atoms with van der Waals surface area (Å²) in [5.74, 6) is 0. The fourth-order valence-electron chi connectivity index (χ4n) is 0. The molecule has 0 N–H and O–H groups in total. The van der Waals surface area contributed by atoms with Crippen molar-refractivity contribution in [2.45, 2.75) is 6.82 Å². The van der Waals surface area contributed by atoms with E-state index in [2.05, 4.69) is 56.6 Å². The van der Waals surface area contributed by atoms with E-state index in [9.17, 15) is 0 Å². The summed E-state index contributed by atoms with van der Waals surface area (Å²) >= 11 is 4.59. The molecule has 0 saturated carbocycles. The van der Waals surface area contributed by atoms with E-state index in [1.807, 2.05) is 0 Å². The van der Waals surface area contributed by atoms with Gasteiger partial charge in [0, 0.05) is 0 Å². The van der Waals surface area contributed by atoms with Crippen molar-refractivity contribution in [2.24, 2.45) is 0 Å². The third-order valence-electron chi connectivity index (χ3n) is 0.174. The molecule has 4 heteroatoms. The maximum atomic E-state index is 2.34. The van der Waals surface area contributed by atoms with Crippen LogP contribution >= 0.6 is 44.7 Å². The predicted molar refractivity (Wildman–Crippen MR) is 45.4 cm³/mol. The molecule has 0 spiro atoms. The van der Waals surface area contributed by atoms with Crippen LogP contribution in [0.5, 0.6) is 0 Å². The maximum absolute atomic E-state index is 2.34. The first-order valence-electron chi connectivity index (χ1n) is 1.35. The Morgan fingerprint density at radius 1 is 1.80 bits per heavy atom. The van der Waals surface area contributed by atoms with Gasteiger partial charge in [0.05, 0.1) is 0 Å². The molecule has 0 amide bonds. The van der Waals surface area contributed by atoms with Crippen molar-refractivity contribution in [1.29, 1.82) is 0 Å². The highest BCUT2D eigenvalue weighted by Gasteiger charge is 1.94. The minimum absolute atomic E-state index is 0.716. The summed E-state index contributed by atoms with van der Waals surface area (Å²) in [4.78, 5) is 0. The predicted octanol–water partition coefficient (Wildman–Crippen LogP) is 1.59. The summed E-state index contributed by atoms with van der Waals surface area (Å²) in [7, 11) is 0. The van der Waals surface area contributed by atoms with Crippen molar-refractivity contribution in [3.05, 3.63) is 0 Å². The lowest BCUT2D eigenvalue weighted by molar-refractivity contribution is 2.36. The van der Waals surface area contributed by atoms with Crippen LogP contribution in [0, 0.1) is 0 Å². The Morgan fingerprint density at radius 3 is 2.00 bits per heavy atom. The molecule has 0 unspecified atom stereocenters. The number of halogens is 2. The fourth-order valence-corrected chi connectivity index (χ4v) is 0. The summed E-state index contributed by atoms with van der Waals surface area (Å²) < 4.78 is 0.716. The zero-order valence-corrected chi connectivity index (χ0v) is 7.23. The quantitative estimate of drug-likeness (QED) is 0.508. The van der Waals surface area contributed by atoms with Gasteiger partial charge in [0.15, 0.2) is 9.49 Å². The third kappa shape index (κ3) is 5.59. The van der Waals surface area contributed by atoms with Crippen LogP contribution in [0.3, 0.4) is 0 Å². The van der Waals surface area contributed by atoms with Crippen molar-refractivity contribution in [3.63, 3.8) is 0 Å². The molecule has 0 aromatic heterocycles. The molecule has 0 fully saturated rings. The first-order chi connectivity index (χ1) is 2.27. The van der Waals surface area contributed by atoms with Gasteiger partial charge < -0.3 is 0 Å². The molecular weight excluding hydrogens is 287 g/mol. The summed E-state index contributed by atoms with van der Waals surface area (Å²) in [5.41, 5.74) is 0. The van der Waals surface area contributed by atoms with Crippen LogP contribution in [-0.2, 0) is 0 Å². The third-order valence-corrected chi connectivity index (χ3v) is 2.99. The molecule has 0 aromatic rings. The molecule has 0 bridgehead atoms. The van der Waals surface area contributed by atoms with Gasteiger partial charge in [0.2, 0.25) is 0 Å². The zero-order chi connectivity index (χ0) is 4.28. The fraction of sp³-hybridized carbons (Fsp3) is 1.00. The lowest BCUT2D eigenvalue weighted by Gasteiger charge is -1.77. The molecule has 0 aromatic carbocycles. The monoisotopic (exact) mass is 291 g/mol. The Labute approximate surface area is 60.5 Å². The van der Waals surface area contributed by atoms with E-state index in [0.29, 0.717) is 4.46 Å². The Morgan fingerprint density at radius 2 is 2.00 bits per heavy atom. The average Bonchev–Trinajstić information content (AvgIpc) is 1.38. The second-order valence-corrected chi connectivity index (χ2v) is 3.49. The van der Waals surface area contributed by atoms with Crippen molar-refractivity contribution >= 4 is 54.2 Å². The highest BCUT2D eigenvalue weighted by atomic mass is 127. The van der Waals surface area contributed by atoms with Crippen LogP contribution in [0.4, 0.5) is 0 Å². The number of hydrogen-bond donors (Lipinski definition) is 0. The molecule has 1 radical (unpaired) electrons. The second-order valence-electron chi connectivity index (χ2n) is 0.804. The molecular formula is CH3B2I2. The minimum atomic E-state index is 0.716. The van der Waals surface area contributed by atoms with Gasteiger partial charge >= 0.3 is 0 Å². The first kappa shape index (κ1) is 6.59. The van der Waals surface area contributed by atoms with Gasteiger partial charge in [-0.05, 0) is 0 Å². The van der Waals surface area contributed by atoms with E-state index in [0.717, 1.165) is 0 Å². The smallest absolute Gasteiger partial charge is 0.168 e. The van der Waals surface area contributed by atoms with E-state index in [1.165, 1.54) is 0 Å².